The summed E-state index contributed by atoms with van der Waals surface area (Å²) in [5, 5.41) is 3.33. The van der Waals surface area contributed by atoms with Crippen LogP contribution in [0.25, 0.3) is 0 Å². The molecule has 2 unspecified atom stereocenters. The molecule has 0 amide bonds. The van der Waals surface area contributed by atoms with Crippen LogP contribution in [0.4, 0.5) is 11.8 Å². The maximum Gasteiger partial charge on any atom is 0.223 e. The lowest BCUT2D eigenvalue weighted by atomic mass is 10.4. The Morgan fingerprint density at radius 3 is 2.87 bits per heavy atom. The number of anilines is 2. The Morgan fingerprint density at radius 1 is 1.67 bits per heavy atom. The number of nitrogen functional groups attached to an aromatic ring is 1. The van der Waals surface area contributed by atoms with Gasteiger partial charge in [-0.05, 0) is 6.92 Å². The van der Waals surface area contributed by atoms with Crippen molar-refractivity contribution in [3.8, 4) is 0 Å². The van der Waals surface area contributed by atoms with Gasteiger partial charge in [0.05, 0.1) is 0 Å². The third-order valence-corrected chi connectivity index (χ3v) is 3.34. The van der Waals surface area contributed by atoms with Gasteiger partial charge >= 0.3 is 0 Å². The van der Waals surface area contributed by atoms with E-state index in [0.717, 1.165) is 0 Å². The first-order valence-corrected chi connectivity index (χ1v) is 6.35. The molecule has 1 rings (SSSR count). The molecular weight excluding hydrogens is 236 g/mol. The maximum atomic E-state index is 11.1. The summed E-state index contributed by atoms with van der Waals surface area (Å²) in [6, 6.07) is 1.57. The molecule has 3 N–H and O–H groups in total. The van der Waals surface area contributed by atoms with E-state index in [-0.39, 0.29) is 16.4 Å². The molecule has 0 aromatic carbocycles. The van der Waals surface area contributed by atoms with Crippen LogP contribution >= 0.6 is 11.6 Å². The Morgan fingerprint density at radius 2 is 2.33 bits per heavy atom. The first kappa shape index (κ1) is 12.2. The lowest BCUT2D eigenvalue weighted by molar-refractivity contribution is 0.679. The number of nitrogens with two attached hydrogens (primary N) is 1. The van der Waals surface area contributed by atoms with E-state index in [1.165, 1.54) is 0 Å². The number of rotatable bonds is 4. The summed E-state index contributed by atoms with van der Waals surface area (Å²) in [6.07, 6.45) is 1.66. The molecule has 5 nitrogen and oxygen atoms in total. The maximum absolute atomic E-state index is 11.1. The number of nitrogens with zero attached hydrogens (tertiary/aromatic N) is 2. The average Bonchev–Trinajstić information content (AvgIpc) is 2.12. The molecule has 1 aromatic rings. The molecule has 84 valence electrons. The largest absolute Gasteiger partial charge is 0.369 e. The minimum absolute atomic E-state index is 0.0416. The van der Waals surface area contributed by atoms with Crippen molar-refractivity contribution in [2.24, 2.45) is 0 Å². The smallest absolute Gasteiger partial charge is 0.223 e. The standard InChI is InChI=1S/C8H13ClN4OS/c1-5(15(2)14)4-11-7-3-6(9)12-8(10)13-7/h3,5H,4H2,1-2H3,(H3,10,11,12,13). The Labute approximate surface area is 95.9 Å². The lowest BCUT2D eigenvalue weighted by Gasteiger charge is -2.10. The zero-order chi connectivity index (χ0) is 11.4. The molecule has 0 aliphatic carbocycles. The van der Waals surface area contributed by atoms with Gasteiger partial charge in [-0.1, -0.05) is 11.6 Å². The summed E-state index contributed by atoms with van der Waals surface area (Å²) in [5.74, 6) is 0.667. The molecule has 0 bridgehead atoms. The van der Waals surface area contributed by atoms with Gasteiger partial charge in [-0.2, -0.15) is 4.98 Å². The Kier molecular flexibility index (Phi) is 4.28. The molecule has 0 saturated carbocycles. The van der Waals surface area contributed by atoms with Gasteiger partial charge in [-0.3, -0.25) is 4.21 Å². The number of halogens is 1. The molecule has 0 saturated heterocycles. The predicted octanol–water partition coefficient (Wildman–Crippen LogP) is 0.891. The van der Waals surface area contributed by atoms with E-state index in [4.69, 9.17) is 17.3 Å². The van der Waals surface area contributed by atoms with E-state index in [9.17, 15) is 4.21 Å². The van der Waals surface area contributed by atoms with E-state index in [1.54, 1.807) is 12.3 Å². The van der Waals surface area contributed by atoms with Crippen molar-refractivity contribution >= 4 is 34.2 Å². The van der Waals surface area contributed by atoms with Crippen molar-refractivity contribution in [1.82, 2.24) is 9.97 Å². The summed E-state index contributed by atoms with van der Waals surface area (Å²) in [4.78, 5) is 7.67. The topological polar surface area (TPSA) is 80.9 Å². The molecule has 2 atom stereocenters. The van der Waals surface area contributed by atoms with Crippen molar-refractivity contribution in [2.45, 2.75) is 12.2 Å². The Balaban J connectivity index is 2.61. The Hall–Kier alpha value is -0.880. The molecule has 15 heavy (non-hydrogen) atoms. The lowest BCUT2D eigenvalue weighted by Crippen LogP contribution is -2.21. The van der Waals surface area contributed by atoms with Crippen molar-refractivity contribution in [3.63, 3.8) is 0 Å². The Bertz CT molecular complexity index is 353. The van der Waals surface area contributed by atoms with Crippen LogP contribution in [0.1, 0.15) is 6.92 Å². The molecule has 7 heteroatoms. The van der Waals surface area contributed by atoms with E-state index < -0.39 is 10.8 Å². The van der Waals surface area contributed by atoms with Gasteiger partial charge in [0.25, 0.3) is 0 Å². The summed E-state index contributed by atoms with van der Waals surface area (Å²) in [5.41, 5.74) is 5.42. The van der Waals surface area contributed by atoms with E-state index >= 15 is 0 Å². The SMILES string of the molecule is CC(CNc1cc(Cl)nc(N)n1)S(C)=O. The van der Waals surface area contributed by atoms with Gasteiger partial charge in [0.15, 0.2) is 0 Å². The zero-order valence-electron chi connectivity index (χ0n) is 8.53. The summed E-state index contributed by atoms with van der Waals surface area (Å²) in [7, 11) is -0.865. The van der Waals surface area contributed by atoms with Crippen LogP contribution in [-0.4, -0.2) is 32.2 Å². The van der Waals surface area contributed by atoms with E-state index in [1.807, 2.05) is 6.92 Å². The normalized spacial score (nSPS) is 14.6. The van der Waals surface area contributed by atoms with Crippen LogP contribution in [0, 0.1) is 0 Å². The van der Waals surface area contributed by atoms with E-state index in [0.29, 0.717) is 12.4 Å². The second-order valence-electron chi connectivity index (χ2n) is 3.12. The van der Waals surface area contributed by atoms with Crippen molar-refractivity contribution < 1.29 is 4.21 Å². The average molecular weight is 249 g/mol. The highest BCUT2D eigenvalue weighted by Gasteiger charge is 2.06. The van der Waals surface area contributed by atoms with Gasteiger partial charge in [-0.25, -0.2) is 4.98 Å². The quantitative estimate of drug-likeness (QED) is 0.774. The van der Waals surface area contributed by atoms with Crippen LogP contribution in [0.15, 0.2) is 6.07 Å². The summed E-state index contributed by atoms with van der Waals surface area (Å²) in [6.45, 7) is 2.44. The summed E-state index contributed by atoms with van der Waals surface area (Å²) < 4.78 is 11.1. The van der Waals surface area contributed by atoms with Gasteiger partial charge < -0.3 is 11.1 Å². The molecule has 0 aliphatic rings. The van der Waals surface area contributed by atoms with Crippen LogP contribution in [-0.2, 0) is 10.8 Å². The third kappa shape index (κ3) is 4.01. The zero-order valence-corrected chi connectivity index (χ0v) is 10.1. The fourth-order valence-electron chi connectivity index (χ4n) is 0.891. The highest BCUT2D eigenvalue weighted by Crippen LogP contribution is 2.12. The molecule has 1 heterocycles. The molecule has 0 aliphatic heterocycles. The highest BCUT2D eigenvalue weighted by atomic mass is 35.5. The number of hydrogen-bond donors (Lipinski definition) is 2. The minimum atomic E-state index is -0.865. The van der Waals surface area contributed by atoms with Crippen molar-refractivity contribution in [3.05, 3.63) is 11.2 Å². The fourth-order valence-corrected chi connectivity index (χ4v) is 1.40. The van der Waals surface area contributed by atoms with Gasteiger partial charge in [0.1, 0.15) is 11.0 Å². The van der Waals surface area contributed by atoms with Crippen LogP contribution in [0.3, 0.4) is 0 Å². The van der Waals surface area contributed by atoms with Gasteiger partial charge in [0, 0.05) is 34.9 Å². The second-order valence-corrected chi connectivity index (χ2v) is 5.31. The van der Waals surface area contributed by atoms with Gasteiger partial charge in [-0.15, -0.1) is 0 Å². The predicted molar refractivity (Wildman–Crippen MR) is 63.5 cm³/mol. The van der Waals surface area contributed by atoms with Crippen LogP contribution in [0.5, 0.6) is 0 Å². The first-order valence-electron chi connectivity index (χ1n) is 4.35. The number of nitrogens with one attached hydrogen (secondary N) is 1. The van der Waals surface area contributed by atoms with Gasteiger partial charge in [0.2, 0.25) is 5.95 Å². The van der Waals surface area contributed by atoms with Crippen LogP contribution < -0.4 is 11.1 Å². The first-order chi connectivity index (χ1) is 6.99. The second kappa shape index (κ2) is 5.27. The monoisotopic (exact) mass is 248 g/mol. The number of aromatic nitrogens is 2. The molecule has 0 fully saturated rings. The molecule has 1 aromatic heterocycles. The fraction of sp³-hybridized carbons (Fsp3) is 0.500. The minimum Gasteiger partial charge on any atom is -0.369 e. The molecule has 0 spiro atoms. The van der Waals surface area contributed by atoms with Crippen molar-refractivity contribution in [1.29, 1.82) is 0 Å². The number of hydrogen-bond acceptors (Lipinski definition) is 5. The third-order valence-electron chi connectivity index (χ3n) is 1.85. The molecule has 0 radical (unpaired) electrons. The van der Waals surface area contributed by atoms with Crippen molar-refractivity contribution in [2.75, 3.05) is 23.9 Å². The molecular formula is C8H13ClN4OS. The highest BCUT2D eigenvalue weighted by molar-refractivity contribution is 7.84. The van der Waals surface area contributed by atoms with E-state index in [2.05, 4.69) is 15.3 Å². The summed E-state index contributed by atoms with van der Waals surface area (Å²) >= 11 is 5.70. The van der Waals surface area contributed by atoms with Crippen LogP contribution in [0.2, 0.25) is 5.15 Å².